The molecule has 0 spiro atoms. The molecule has 2 heterocycles. The van der Waals surface area contributed by atoms with E-state index in [1.807, 2.05) is 84.9 Å². The van der Waals surface area contributed by atoms with Gasteiger partial charge in [0.05, 0.1) is 23.9 Å². The molecule has 0 amide bonds. The molecule has 3 aromatic carbocycles. The third-order valence-corrected chi connectivity index (χ3v) is 5.18. The molecule has 0 saturated heterocycles. The van der Waals surface area contributed by atoms with E-state index in [-0.39, 0.29) is 5.56 Å². The second kappa shape index (κ2) is 7.37. The van der Waals surface area contributed by atoms with Crippen LogP contribution in [0.15, 0.2) is 95.9 Å². The van der Waals surface area contributed by atoms with Crippen LogP contribution in [0.3, 0.4) is 0 Å². The Balaban J connectivity index is 1.77. The summed E-state index contributed by atoms with van der Waals surface area (Å²) in [5.41, 5.74) is 5.52. The molecule has 0 unspecified atom stereocenters. The number of hydrogen-bond donors (Lipinski definition) is 1. The zero-order valence-electron chi connectivity index (χ0n) is 16.4. The smallest absolute Gasteiger partial charge is 0.280 e. The summed E-state index contributed by atoms with van der Waals surface area (Å²) in [5.74, 6) is 0.741. The SMILES string of the molecule is COc1ccc(-c2cnc3c(-c4ccccc4)c(-c4ccccc4)[nH]n3c2=O)cc1. The fraction of sp³-hybridized carbons (Fsp3) is 0.0400. The standard InChI is InChI=1S/C25H19N3O2/c1-30-20-14-12-17(13-15-20)21-16-26-24-22(18-8-4-2-5-9-18)23(27-28(24)25(21)29)19-10-6-3-7-11-19/h2-16,27H,1H3. The first-order chi connectivity index (χ1) is 14.8. The molecule has 5 rings (SSSR count). The molecule has 0 fully saturated rings. The lowest BCUT2D eigenvalue weighted by Gasteiger charge is -2.05. The quantitative estimate of drug-likeness (QED) is 0.466. The van der Waals surface area contributed by atoms with Crippen molar-refractivity contribution in [2.24, 2.45) is 0 Å². The largest absolute Gasteiger partial charge is 0.497 e. The van der Waals surface area contributed by atoms with E-state index in [0.29, 0.717) is 11.2 Å². The van der Waals surface area contributed by atoms with Crippen molar-refractivity contribution < 1.29 is 4.74 Å². The number of aromatic amines is 1. The average Bonchev–Trinajstić information content (AvgIpc) is 3.21. The van der Waals surface area contributed by atoms with Crippen molar-refractivity contribution in [3.63, 3.8) is 0 Å². The summed E-state index contributed by atoms with van der Waals surface area (Å²) < 4.78 is 6.75. The lowest BCUT2D eigenvalue weighted by molar-refractivity contribution is 0.415. The summed E-state index contributed by atoms with van der Waals surface area (Å²) in [5, 5.41) is 3.30. The second-order valence-corrected chi connectivity index (χ2v) is 6.96. The fourth-order valence-electron chi connectivity index (χ4n) is 3.68. The van der Waals surface area contributed by atoms with E-state index in [1.54, 1.807) is 13.3 Å². The van der Waals surface area contributed by atoms with Gasteiger partial charge in [-0.2, -0.15) is 4.52 Å². The summed E-state index contributed by atoms with van der Waals surface area (Å²) in [6.45, 7) is 0. The Morgan fingerprint density at radius 3 is 2.07 bits per heavy atom. The molecule has 5 nitrogen and oxygen atoms in total. The number of hydrogen-bond acceptors (Lipinski definition) is 3. The maximum Gasteiger partial charge on any atom is 0.280 e. The Morgan fingerprint density at radius 2 is 1.43 bits per heavy atom. The number of H-pyrrole nitrogens is 1. The molecular weight excluding hydrogens is 374 g/mol. The summed E-state index contributed by atoms with van der Waals surface area (Å²) in [6, 6.07) is 27.4. The Bertz CT molecular complexity index is 1370. The summed E-state index contributed by atoms with van der Waals surface area (Å²) in [7, 11) is 1.62. The highest BCUT2D eigenvalue weighted by Crippen LogP contribution is 2.34. The van der Waals surface area contributed by atoms with Gasteiger partial charge in [-0.05, 0) is 23.3 Å². The van der Waals surface area contributed by atoms with Gasteiger partial charge >= 0.3 is 0 Å². The predicted molar refractivity (Wildman–Crippen MR) is 119 cm³/mol. The number of benzene rings is 3. The van der Waals surface area contributed by atoms with Crippen LogP contribution in [0.5, 0.6) is 5.75 Å². The molecule has 0 aliphatic rings. The van der Waals surface area contributed by atoms with Crippen LogP contribution < -0.4 is 10.3 Å². The molecule has 5 heteroatoms. The minimum atomic E-state index is -0.149. The average molecular weight is 393 g/mol. The number of nitrogens with zero attached hydrogens (tertiary/aromatic N) is 2. The van der Waals surface area contributed by atoms with E-state index in [4.69, 9.17) is 4.74 Å². The van der Waals surface area contributed by atoms with Gasteiger partial charge in [0.15, 0.2) is 5.65 Å². The van der Waals surface area contributed by atoms with E-state index >= 15 is 0 Å². The molecule has 0 radical (unpaired) electrons. The van der Waals surface area contributed by atoms with Gasteiger partial charge in [-0.1, -0.05) is 72.8 Å². The number of aromatic nitrogens is 3. The number of ether oxygens (including phenoxy) is 1. The van der Waals surface area contributed by atoms with Crippen molar-refractivity contribution >= 4 is 5.65 Å². The van der Waals surface area contributed by atoms with Crippen LogP contribution in [0.25, 0.3) is 39.2 Å². The first-order valence-electron chi connectivity index (χ1n) is 9.65. The first kappa shape index (κ1) is 17.9. The molecule has 1 N–H and O–H groups in total. The van der Waals surface area contributed by atoms with E-state index in [9.17, 15) is 4.79 Å². The topological polar surface area (TPSA) is 59.4 Å². The zero-order valence-corrected chi connectivity index (χ0v) is 16.4. The molecule has 0 aliphatic heterocycles. The Hall–Kier alpha value is -4.12. The molecular formula is C25H19N3O2. The predicted octanol–water partition coefficient (Wildman–Crippen LogP) is 5.03. The number of nitrogens with one attached hydrogen (secondary N) is 1. The lowest BCUT2D eigenvalue weighted by atomic mass is 10.0. The molecule has 5 aromatic rings. The van der Waals surface area contributed by atoms with Gasteiger partial charge in [0.2, 0.25) is 0 Å². The van der Waals surface area contributed by atoms with Crippen LogP contribution in [0.2, 0.25) is 0 Å². The van der Waals surface area contributed by atoms with Crippen molar-refractivity contribution in [2.45, 2.75) is 0 Å². The highest BCUT2D eigenvalue weighted by Gasteiger charge is 2.19. The molecule has 30 heavy (non-hydrogen) atoms. The van der Waals surface area contributed by atoms with E-state index in [0.717, 1.165) is 33.7 Å². The summed E-state index contributed by atoms with van der Waals surface area (Å²) in [4.78, 5) is 18.1. The van der Waals surface area contributed by atoms with Crippen LogP contribution in [-0.2, 0) is 0 Å². The van der Waals surface area contributed by atoms with Crippen molar-refractivity contribution in [1.82, 2.24) is 14.6 Å². The number of fused-ring (bicyclic) bond motifs is 1. The Labute approximate surface area is 173 Å². The van der Waals surface area contributed by atoms with Crippen LogP contribution in [0.4, 0.5) is 0 Å². The highest BCUT2D eigenvalue weighted by atomic mass is 16.5. The van der Waals surface area contributed by atoms with Crippen LogP contribution in [-0.4, -0.2) is 21.7 Å². The van der Waals surface area contributed by atoms with E-state index in [1.165, 1.54) is 4.52 Å². The van der Waals surface area contributed by atoms with Gasteiger partial charge in [-0.15, -0.1) is 0 Å². The lowest BCUT2D eigenvalue weighted by Crippen LogP contribution is -2.17. The van der Waals surface area contributed by atoms with Gasteiger partial charge in [0.1, 0.15) is 5.75 Å². The van der Waals surface area contributed by atoms with Gasteiger partial charge in [0, 0.05) is 11.8 Å². The van der Waals surface area contributed by atoms with Gasteiger partial charge in [-0.3, -0.25) is 9.89 Å². The zero-order chi connectivity index (χ0) is 20.5. The Kier molecular flexibility index (Phi) is 4.41. The number of methoxy groups -OCH3 is 1. The number of rotatable bonds is 4. The monoisotopic (exact) mass is 393 g/mol. The minimum Gasteiger partial charge on any atom is -0.497 e. The van der Waals surface area contributed by atoms with Crippen molar-refractivity contribution in [3.8, 4) is 39.3 Å². The third kappa shape index (κ3) is 2.97. The van der Waals surface area contributed by atoms with Crippen LogP contribution in [0, 0.1) is 0 Å². The second-order valence-electron chi connectivity index (χ2n) is 6.96. The summed E-state index contributed by atoms with van der Waals surface area (Å²) in [6.07, 6.45) is 1.65. The molecule has 0 saturated carbocycles. The maximum atomic E-state index is 13.4. The van der Waals surface area contributed by atoms with E-state index < -0.39 is 0 Å². The highest BCUT2D eigenvalue weighted by molar-refractivity contribution is 5.90. The van der Waals surface area contributed by atoms with Crippen molar-refractivity contribution in [3.05, 3.63) is 101 Å². The molecule has 2 aromatic heterocycles. The van der Waals surface area contributed by atoms with Gasteiger partial charge in [0.25, 0.3) is 5.56 Å². The summed E-state index contributed by atoms with van der Waals surface area (Å²) >= 11 is 0. The van der Waals surface area contributed by atoms with E-state index in [2.05, 4.69) is 10.1 Å². The molecule has 0 atom stereocenters. The van der Waals surface area contributed by atoms with Crippen molar-refractivity contribution in [2.75, 3.05) is 7.11 Å². The normalized spacial score (nSPS) is 11.0. The van der Waals surface area contributed by atoms with Crippen LogP contribution >= 0.6 is 0 Å². The molecule has 0 aliphatic carbocycles. The maximum absolute atomic E-state index is 13.4. The first-order valence-corrected chi connectivity index (χ1v) is 9.65. The molecule has 146 valence electrons. The van der Waals surface area contributed by atoms with Crippen molar-refractivity contribution in [1.29, 1.82) is 0 Å². The van der Waals surface area contributed by atoms with Gasteiger partial charge in [-0.25, -0.2) is 4.98 Å². The minimum absolute atomic E-state index is 0.149. The van der Waals surface area contributed by atoms with Gasteiger partial charge < -0.3 is 4.74 Å². The fourth-order valence-corrected chi connectivity index (χ4v) is 3.68. The van der Waals surface area contributed by atoms with Crippen LogP contribution in [0.1, 0.15) is 0 Å². The molecule has 0 bridgehead atoms. The Morgan fingerprint density at radius 1 is 0.800 bits per heavy atom. The third-order valence-electron chi connectivity index (χ3n) is 5.18.